The van der Waals surface area contributed by atoms with E-state index in [1.54, 1.807) is 41.7 Å². The number of hydrogen-bond acceptors (Lipinski definition) is 6. The zero-order valence-electron chi connectivity index (χ0n) is 20.2. The molecular weight excluding hydrogens is 480 g/mol. The molecule has 1 aliphatic rings. The minimum Gasteiger partial charge on any atom is -0.382 e. The Morgan fingerprint density at radius 1 is 1.17 bits per heavy atom. The first kappa shape index (κ1) is 23.8. The highest BCUT2D eigenvalue weighted by Crippen LogP contribution is 2.32. The van der Waals surface area contributed by atoms with Crippen molar-refractivity contribution in [3.05, 3.63) is 58.9 Å². The van der Waals surface area contributed by atoms with Crippen LogP contribution in [0.15, 0.2) is 57.5 Å². The van der Waals surface area contributed by atoms with E-state index in [0.29, 0.717) is 24.2 Å². The van der Waals surface area contributed by atoms with Crippen molar-refractivity contribution in [3.63, 3.8) is 0 Å². The zero-order chi connectivity index (χ0) is 25.6. The number of sulfonamides is 1. The van der Waals surface area contributed by atoms with Crippen molar-refractivity contribution in [2.75, 3.05) is 26.4 Å². The second kappa shape index (κ2) is 8.95. The second-order valence-corrected chi connectivity index (χ2v) is 10.8. The van der Waals surface area contributed by atoms with Crippen LogP contribution in [0.25, 0.3) is 33.1 Å². The van der Waals surface area contributed by atoms with Crippen LogP contribution in [-0.4, -0.2) is 70.4 Å². The van der Waals surface area contributed by atoms with Crippen molar-refractivity contribution in [3.8, 4) is 11.1 Å². The maximum absolute atomic E-state index is 13.3. The van der Waals surface area contributed by atoms with Gasteiger partial charge in [-0.1, -0.05) is 12.1 Å². The minimum atomic E-state index is -3.34. The van der Waals surface area contributed by atoms with Crippen LogP contribution in [0.3, 0.4) is 0 Å². The number of amidine groups is 1. The molecule has 1 atom stereocenters. The van der Waals surface area contributed by atoms with Crippen LogP contribution in [0.1, 0.15) is 18.2 Å². The number of hydrogen-bond donors (Lipinski definition) is 1. The van der Waals surface area contributed by atoms with E-state index < -0.39 is 10.0 Å². The van der Waals surface area contributed by atoms with Crippen LogP contribution in [0.4, 0.5) is 0 Å². The van der Waals surface area contributed by atoms with E-state index in [9.17, 15) is 13.2 Å². The molecule has 3 aromatic heterocycles. The van der Waals surface area contributed by atoms with E-state index in [1.165, 1.54) is 16.9 Å². The lowest BCUT2D eigenvalue weighted by molar-refractivity contribution is 0.454. The molecular formula is C24H26N8O3S. The smallest absolute Gasteiger partial charge is 0.329 e. The fourth-order valence-electron chi connectivity index (χ4n) is 4.67. The van der Waals surface area contributed by atoms with E-state index in [2.05, 4.69) is 20.0 Å². The highest BCUT2D eigenvalue weighted by molar-refractivity contribution is 7.88. The molecule has 1 saturated heterocycles. The lowest BCUT2D eigenvalue weighted by Gasteiger charge is -2.15. The summed E-state index contributed by atoms with van der Waals surface area (Å²) in [7, 11) is -0.0171. The number of pyridine rings is 2. The van der Waals surface area contributed by atoms with Gasteiger partial charge in [0.2, 0.25) is 10.0 Å². The Bertz CT molecular complexity index is 1700. The molecule has 1 aliphatic heterocycles. The summed E-state index contributed by atoms with van der Waals surface area (Å²) in [5.41, 5.74) is 10.2. The monoisotopic (exact) mass is 506 g/mol. The highest BCUT2D eigenvalue weighted by Gasteiger charge is 2.32. The van der Waals surface area contributed by atoms with Crippen molar-refractivity contribution < 1.29 is 8.42 Å². The molecule has 0 radical (unpaired) electrons. The van der Waals surface area contributed by atoms with Crippen molar-refractivity contribution >= 4 is 44.1 Å². The summed E-state index contributed by atoms with van der Waals surface area (Å²) in [5.74, 6) is 0.268. The first-order chi connectivity index (χ1) is 17.2. The summed E-state index contributed by atoms with van der Waals surface area (Å²) in [6.45, 7) is 0.646. The SMILES string of the molecule is CN=CN=C(N)c1ccc(-c2ccc3ncc4c(c3c2)n(C2CCN(S(C)(=O)=O)C2)c(=O)n4C)cn1. The maximum atomic E-state index is 13.3. The summed E-state index contributed by atoms with van der Waals surface area (Å²) >= 11 is 0. The Morgan fingerprint density at radius 2 is 1.94 bits per heavy atom. The molecule has 1 unspecified atom stereocenters. The van der Waals surface area contributed by atoms with E-state index in [1.807, 2.05) is 24.3 Å². The van der Waals surface area contributed by atoms with Gasteiger partial charge in [0.15, 0.2) is 5.84 Å². The van der Waals surface area contributed by atoms with Crippen molar-refractivity contribution in [2.45, 2.75) is 12.5 Å². The Kier molecular flexibility index (Phi) is 5.92. The quantitative estimate of drug-likeness (QED) is 0.321. The molecule has 0 amide bonds. The number of nitrogens with zero attached hydrogens (tertiary/aromatic N) is 7. The maximum Gasteiger partial charge on any atom is 0.329 e. The molecule has 1 aromatic carbocycles. The standard InChI is InChI=1S/C24H26N8O3S/c1-26-14-29-23(25)20-7-5-16(11-27-20)15-4-6-19-18(10-15)22-21(12-28-19)30(2)24(33)32(22)17-8-9-31(13-17)36(3,34)35/h4-7,10-12,14,17H,8-9,13H2,1-3H3,(H2,25,26,29). The van der Waals surface area contributed by atoms with Crippen molar-refractivity contribution in [2.24, 2.45) is 22.8 Å². The molecule has 4 aromatic rings. The van der Waals surface area contributed by atoms with E-state index in [-0.39, 0.29) is 24.1 Å². The Morgan fingerprint density at radius 3 is 2.61 bits per heavy atom. The normalized spacial score (nSPS) is 17.6. The summed E-state index contributed by atoms with van der Waals surface area (Å²) in [6, 6.07) is 9.27. The number of rotatable bonds is 5. The first-order valence-corrected chi connectivity index (χ1v) is 13.2. The summed E-state index contributed by atoms with van der Waals surface area (Å²) < 4.78 is 28.9. The molecule has 1 fully saturated rings. The van der Waals surface area contributed by atoms with Gasteiger partial charge in [-0.3, -0.25) is 24.1 Å². The highest BCUT2D eigenvalue weighted by atomic mass is 32.2. The first-order valence-electron chi connectivity index (χ1n) is 11.3. The van der Waals surface area contributed by atoms with Gasteiger partial charge in [-0.2, -0.15) is 0 Å². The number of nitrogens with two attached hydrogens (primary N) is 1. The molecule has 4 heterocycles. The topological polar surface area (TPSA) is 141 Å². The van der Waals surface area contributed by atoms with Crippen LogP contribution in [-0.2, 0) is 17.1 Å². The average molecular weight is 507 g/mol. The third-order valence-electron chi connectivity index (χ3n) is 6.55. The van der Waals surface area contributed by atoms with Gasteiger partial charge in [-0.25, -0.2) is 22.5 Å². The Balaban J connectivity index is 1.63. The fourth-order valence-corrected chi connectivity index (χ4v) is 5.55. The molecule has 0 saturated carbocycles. The summed E-state index contributed by atoms with van der Waals surface area (Å²) in [6.07, 6.45) is 6.53. The van der Waals surface area contributed by atoms with Gasteiger partial charge in [0.1, 0.15) is 12.0 Å². The zero-order valence-corrected chi connectivity index (χ0v) is 21.0. The minimum absolute atomic E-state index is 0.193. The molecule has 11 nitrogen and oxygen atoms in total. The van der Waals surface area contributed by atoms with Crippen LogP contribution in [0.2, 0.25) is 0 Å². The van der Waals surface area contributed by atoms with Gasteiger partial charge in [0.25, 0.3) is 0 Å². The fraction of sp³-hybridized carbons (Fsp3) is 0.292. The summed E-state index contributed by atoms with van der Waals surface area (Å²) in [5, 5.41) is 0.810. The largest absolute Gasteiger partial charge is 0.382 e. The Labute approximate surface area is 207 Å². The van der Waals surface area contributed by atoms with E-state index in [0.717, 1.165) is 27.5 Å². The Hall–Kier alpha value is -3.90. The van der Waals surface area contributed by atoms with Gasteiger partial charge < -0.3 is 5.73 Å². The van der Waals surface area contributed by atoms with Gasteiger partial charge in [-0.15, -0.1) is 0 Å². The molecule has 2 N–H and O–H groups in total. The molecule has 5 rings (SSSR count). The second-order valence-electron chi connectivity index (χ2n) is 8.82. The predicted molar refractivity (Wildman–Crippen MR) is 141 cm³/mol. The van der Waals surface area contributed by atoms with Crippen LogP contribution in [0.5, 0.6) is 0 Å². The molecule has 36 heavy (non-hydrogen) atoms. The van der Waals surface area contributed by atoms with Gasteiger partial charge in [0, 0.05) is 44.3 Å². The lowest BCUT2D eigenvalue weighted by atomic mass is 10.0. The van der Waals surface area contributed by atoms with E-state index >= 15 is 0 Å². The molecule has 186 valence electrons. The van der Waals surface area contributed by atoms with Crippen LogP contribution in [0, 0.1) is 0 Å². The molecule has 0 aliphatic carbocycles. The predicted octanol–water partition coefficient (Wildman–Crippen LogP) is 1.52. The third-order valence-corrected chi connectivity index (χ3v) is 7.82. The number of imidazole rings is 1. The van der Waals surface area contributed by atoms with Gasteiger partial charge >= 0.3 is 5.69 Å². The summed E-state index contributed by atoms with van der Waals surface area (Å²) in [4.78, 5) is 30.1. The van der Waals surface area contributed by atoms with Crippen molar-refractivity contribution in [1.29, 1.82) is 0 Å². The molecule has 0 bridgehead atoms. The van der Waals surface area contributed by atoms with E-state index in [4.69, 9.17) is 5.73 Å². The number of aliphatic imine (C=N–C) groups is 2. The van der Waals surface area contributed by atoms with Gasteiger partial charge in [-0.05, 0) is 30.2 Å². The lowest BCUT2D eigenvalue weighted by Crippen LogP contribution is -2.31. The molecule has 0 spiro atoms. The number of aromatic nitrogens is 4. The average Bonchev–Trinajstić information content (AvgIpc) is 3.46. The molecule has 12 heteroatoms. The van der Waals surface area contributed by atoms with Crippen LogP contribution < -0.4 is 11.4 Å². The third kappa shape index (κ3) is 4.07. The number of benzene rings is 1. The number of fused-ring (bicyclic) bond motifs is 3. The van der Waals surface area contributed by atoms with Gasteiger partial charge in [0.05, 0.1) is 35.0 Å². The number of aryl methyl sites for hydroxylation is 1. The van der Waals surface area contributed by atoms with Crippen LogP contribution >= 0.6 is 0 Å². The van der Waals surface area contributed by atoms with Crippen molar-refractivity contribution in [1.82, 2.24) is 23.4 Å².